The average molecular weight is 255 g/mol. The topological polar surface area (TPSA) is 15.9 Å². The van der Waals surface area contributed by atoms with Crippen LogP contribution in [0.1, 0.15) is 38.7 Å². The van der Waals surface area contributed by atoms with Crippen LogP contribution in [-0.2, 0) is 5.54 Å². The van der Waals surface area contributed by atoms with E-state index in [1.807, 2.05) is 0 Å². The minimum absolute atomic E-state index is 0.113. The van der Waals surface area contributed by atoms with Crippen molar-refractivity contribution in [3.8, 4) is 0 Å². The summed E-state index contributed by atoms with van der Waals surface area (Å²) in [5.74, 6) is 0.665. The van der Waals surface area contributed by atoms with Crippen LogP contribution in [0.25, 0.3) is 10.9 Å². The molecule has 0 spiro atoms. The third-order valence-corrected chi connectivity index (χ3v) is 4.05. The van der Waals surface area contributed by atoms with Crippen molar-refractivity contribution in [1.82, 2.24) is 5.32 Å². The van der Waals surface area contributed by atoms with E-state index >= 15 is 0 Å². The molecular formula is C17H23N2+. The standard InChI is InChI=1S/C17H23N2/c1-17(2,3)19-12-15(14-8-9-18-11-14)10-13-6-4-5-7-16(13)19/h4-7,10,12,14,18H,8-9,11H2,1-3H3/q+1. The molecule has 3 rings (SSSR count). The highest BCUT2D eigenvalue weighted by Gasteiger charge is 2.27. The Balaban J connectivity index is 2.20. The van der Waals surface area contributed by atoms with Crippen molar-refractivity contribution in [3.05, 3.63) is 42.1 Å². The molecule has 1 aliphatic rings. The molecule has 19 heavy (non-hydrogen) atoms. The van der Waals surface area contributed by atoms with Crippen molar-refractivity contribution in [2.45, 2.75) is 38.6 Å². The Kier molecular flexibility index (Phi) is 3.06. The number of hydrogen-bond donors (Lipinski definition) is 1. The molecule has 0 bridgehead atoms. The minimum Gasteiger partial charge on any atom is -0.316 e. The molecule has 0 amide bonds. The molecule has 1 aromatic carbocycles. The number of para-hydroxylation sites is 1. The van der Waals surface area contributed by atoms with Gasteiger partial charge in [-0.15, -0.1) is 0 Å². The molecule has 2 aromatic rings. The Morgan fingerprint density at radius 3 is 2.68 bits per heavy atom. The van der Waals surface area contributed by atoms with Gasteiger partial charge in [0.2, 0.25) is 5.52 Å². The van der Waals surface area contributed by atoms with Gasteiger partial charge < -0.3 is 5.32 Å². The number of benzene rings is 1. The van der Waals surface area contributed by atoms with Gasteiger partial charge in [0.25, 0.3) is 0 Å². The summed E-state index contributed by atoms with van der Waals surface area (Å²) in [5.41, 5.74) is 2.91. The molecule has 2 heteroatoms. The minimum atomic E-state index is 0.113. The monoisotopic (exact) mass is 255 g/mol. The van der Waals surface area contributed by atoms with Crippen molar-refractivity contribution in [1.29, 1.82) is 0 Å². The molecule has 0 aliphatic carbocycles. The molecule has 2 heterocycles. The van der Waals surface area contributed by atoms with Gasteiger partial charge in [-0.25, -0.2) is 0 Å². The van der Waals surface area contributed by atoms with Crippen LogP contribution < -0.4 is 9.88 Å². The first-order valence-electron chi connectivity index (χ1n) is 7.21. The van der Waals surface area contributed by atoms with Gasteiger partial charge in [0.1, 0.15) is 0 Å². The molecule has 1 N–H and O–H groups in total. The zero-order valence-electron chi connectivity index (χ0n) is 12.1. The highest BCUT2D eigenvalue weighted by Crippen LogP contribution is 2.25. The summed E-state index contributed by atoms with van der Waals surface area (Å²) in [5, 5.41) is 4.82. The lowest BCUT2D eigenvalue weighted by Gasteiger charge is -2.18. The van der Waals surface area contributed by atoms with Gasteiger partial charge in [-0.1, -0.05) is 12.1 Å². The first kappa shape index (κ1) is 12.6. The third-order valence-electron chi connectivity index (χ3n) is 4.05. The van der Waals surface area contributed by atoms with Crippen molar-refractivity contribution in [3.63, 3.8) is 0 Å². The second kappa shape index (κ2) is 4.61. The van der Waals surface area contributed by atoms with Crippen LogP contribution in [0, 0.1) is 0 Å². The Bertz CT molecular complexity index is 590. The van der Waals surface area contributed by atoms with E-state index in [1.54, 1.807) is 0 Å². The molecule has 100 valence electrons. The quantitative estimate of drug-likeness (QED) is 0.775. The summed E-state index contributed by atoms with van der Waals surface area (Å²) in [6.45, 7) is 9.08. The van der Waals surface area contributed by atoms with Gasteiger partial charge in [0.15, 0.2) is 11.7 Å². The number of pyridine rings is 1. The van der Waals surface area contributed by atoms with Crippen LogP contribution >= 0.6 is 0 Å². The predicted octanol–water partition coefficient (Wildman–Crippen LogP) is 2.96. The number of rotatable bonds is 1. The van der Waals surface area contributed by atoms with E-state index in [1.165, 1.54) is 22.9 Å². The van der Waals surface area contributed by atoms with Crippen LogP contribution in [0.15, 0.2) is 36.5 Å². The van der Waals surface area contributed by atoms with E-state index in [-0.39, 0.29) is 5.54 Å². The molecule has 1 aliphatic heterocycles. The van der Waals surface area contributed by atoms with Crippen LogP contribution in [0.4, 0.5) is 0 Å². The Morgan fingerprint density at radius 1 is 1.21 bits per heavy atom. The molecule has 0 radical (unpaired) electrons. The lowest BCUT2D eigenvalue weighted by molar-refractivity contribution is -0.731. The first-order valence-corrected chi connectivity index (χ1v) is 7.21. The average Bonchev–Trinajstić information content (AvgIpc) is 2.90. The van der Waals surface area contributed by atoms with Gasteiger partial charge in [-0.2, -0.15) is 4.57 Å². The van der Waals surface area contributed by atoms with E-state index in [9.17, 15) is 0 Å². The van der Waals surface area contributed by atoms with E-state index in [0.29, 0.717) is 5.92 Å². The second-order valence-corrected chi connectivity index (χ2v) is 6.56. The number of nitrogens with zero attached hydrogens (tertiary/aromatic N) is 1. The fourth-order valence-electron chi connectivity index (χ4n) is 2.98. The zero-order valence-corrected chi connectivity index (χ0v) is 12.1. The van der Waals surface area contributed by atoms with Gasteiger partial charge in [0, 0.05) is 50.2 Å². The van der Waals surface area contributed by atoms with Gasteiger partial charge in [-0.05, 0) is 25.1 Å². The summed E-state index contributed by atoms with van der Waals surface area (Å²) in [7, 11) is 0. The molecule has 1 saturated heterocycles. The zero-order chi connectivity index (χ0) is 13.5. The molecule has 1 atom stereocenters. The van der Waals surface area contributed by atoms with E-state index in [4.69, 9.17) is 0 Å². The number of aromatic nitrogens is 1. The van der Waals surface area contributed by atoms with Crippen LogP contribution in [0.2, 0.25) is 0 Å². The normalized spacial score (nSPS) is 20.1. The molecular weight excluding hydrogens is 232 g/mol. The number of hydrogen-bond acceptors (Lipinski definition) is 1. The number of nitrogens with one attached hydrogen (secondary N) is 1. The summed E-state index contributed by atoms with van der Waals surface area (Å²) in [4.78, 5) is 0. The summed E-state index contributed by atoms with van der Waals surface area (Å²) < 4.78 is 2.43. The fourth-order valence-corrected chi connectivity index (χ4v) is 2.98. The SMILES string of the molecule is CC(C)(C)[n+]1cc(C2CCNC2)cc2ccccc21. The molecule has 0 saturated carbocycles. The summed E-state index contributed by atoms with van der Waals surface area (Å²) in [6.07, 6.45) is 3.61. The predicted molar refractivity (Wildman–Crippen MR) is 79.4 cm³/mol. The second-order valence-electron chi connectivity index (χ2n) is 6.56. The van der Waals surface area contributed by atoms with Crippen molar-refractivity contribution < 1.29 is 4.57 Å². The molecule has 1 fully saturated rings. The van der Waals surface area contributed by atoms with E-state index < -0.39 is 0 Å². The number of fused-ring (bicyclic) bond motifs is 1. The van der Waals surface area contributed by atoms with Crippen molar-refractivity contribution in [2.24, 2.45) is 0 Å². The molecule has 2 nitrogen and oxygen atoms in total. The summed E-state index contributed by atoms with van der Waals surface area (Å²) >= 11 is 0. The summed E-state index contributed by atoms with van der Waals surface area (Å²) in [6, 6.07) is 11.1. The lowest BCUT2D eigenvalue weighted by atomic mass is 9.97. The Hall–Kier alpha value is -1.41. The Labute approximate surface area is 115 Å². The van der Waals surface area contributed by atoms with Crippen LogP contribution in [0.5, 0.6) is 0 Å². The lowest BCUT2D eigenvalue weighted by Crippen LogP contribution is -2.50. The van der Waals surface area contributed by atoms with E-state index in [0.717, 1.165) is 13.1 Å². The van der Waals surface area contributed by atoms with Crippen LogP contribution in [-0.4, -0.2) is 13.1 Å². The smallest absolute Gasteiger partial charge is 0.212 e. The highest BCUT2D eigenvalue weighted by molar-refractivity contribution is 5.76. The maximum Gasteiger partial charge on any atom is 0.212 e. The van der Waals surface area contributed by atoms with Gasteiger partial charge in [-0.3, -0.25) is 0 Å². The Morgan fingerprint density at radius 2 is 2.00 bits per heavy atom. The van der Waals surface area contributed by atoms with Crippen molar-refractivity contribution in [2.75, 3.05) is 13.1 Å². The first-order chi connectivity index (χ1) is 9.05. The molecule has 1 aromatic heterocycles. The molecule has 1 unspecified atom stereocenters. The van der Waals surface area contributed by atoms with Gasteiger partial charge >= 0.3 is 0 Å². The van der Waals surface area contributed by atoms with Gasteiger partial charge in [0.05, 0.1) is 0 Å². The third kappa shape index (κ3) is 2.37. The van der Waals surface area contributed by atoms with Crippen molar-refractivity contribution >= 4 is 10.9 Å². The fraction of sp³-hybridized carbons (Fsp3) is 0.471. The van der Waals surface area contributed by atoms with E-state index in [2.05, 4.69) is 67.2 Å². The largest absolute Gasteiger partial charge is 0.316 e. The maximum absolute atomic E-state index is 3.47. The maximum atomic E-state index is 3.47. The van der Waals surface area contributed by atoms with Crippen LogP contribution in [0.3, 0.4) is 0 Å². The highest BCUT2D eigenvalue weighted by atomic mass is 15.0.